The summed E-state index contributed by atoms with van der Waals surface area (Å²) in [4.78, 5) is 22.3. The van der Waals surface area contributed by atoms with Crippen LogP contribution in [0.15, 0.2) is 54.1 Å². The van der Waals surface area contributed by atoms with Crippen molar-refractivity contribution in [2.45, 2.75) is 32.2 Å². The molecule has 0 unspecified atom stereocenters. The van der Waals surface area contributed by atoms with Crippen molar-refractivity contribution in [1.82, 2.24) is 24.8 Å². The molecule has 0 aromatic carbocycles. The van der Waals surface area contributed by atoms with Crippen LogP contribution in [0.2, 0.25) is 0 Å². The SMILES string of the molecule is C=C(C1CCN(Cc2cnc(N)nc2)CC1)N1CCC(C(=NC)c2ccccn2)CC1. The van der Waals surface area contributed by atoms with Crippen molar-refractivity contribution >= 4 is 11.7 Å². The number of aliphatic imine (C=N–C) groups is 1. The van der Waals surface area contributed by atoms with E-state index in [0.717, 1.165) is 75.4 Å². The standard InChI is InChI=1S/C24H33N7/c1-18(20-6-11-30(12-7-20)17-19-15-28-24(25)29-16-19)31-13-8-21(9-14-31)23(26-2)22-5-3-4-10-27-22/h3-5,10,15-16,20-21H,1,6-9,11-14,17H2,2H3,(H2,25,28,29). The van der Waals surface area contributed by atoms with E-state index in [1.807, 2.05) is 37.8 Å². The van der Waals surface area contributed by atoms with Gasteiger partial charge in [0.05, 0.1) is 11.4 Å². The lowest BCUT2D eigenvalue weighted by Crippen LogP contribution is -2.40. The second kappa shape index (κ2) is 10.0. The van der Waals surface area contributed by atoms with Crippen LogP contribution in [0.1, 0.15) is 36.9 Å². The Morgan fingerprint density at radius 3 is 2.32 bits per heavy atom. The summed E-state index contributed by atoms with van der Waals surface area (Å²) in [5.74, 6) is 1.39. The molecule has 2 aromatic heterocycles. The van der Waals surface area contributed by atoms with Crippen LogP contribution in [-0.2, 0) is 6.54 Å². The maximum absolute atomic E-state index is 5.58. The number of hydrogen-bond acceptors (Lipinski definition) is 7. The Labute approximate surface area is 185 Å². The molecular weight excluding hydrogens is 386 g/mol. The monoisotopic (exact) mass is 419 g/mol. The van der Waals surface area contributed by atoms with Crippen LogP contribution < -0.4 is 5.73 Å². The van der Waals surface area contributed by atoms with Crippen molar-refractivity contribution < 1.29 is 0 Å². The average Bonchev–Trinajstić information content (AvgIpc) is 2.82. The van der Waals surface area contributed by atoms with Crippen LogP contribution in [0.25, 0.3) is 0 Å². The van der Waals surface area contributed by atoms with Crippen molar-refractivity contribution in [2.75, 3.05) is 39.0 Å². The van der Waals surface area contributed by atoms with Gasteiger partial charge in [0.15, 0.2) is 0 Å². The fourth-order valence-corrected chi connectivity index (χ4v) is 4.85. The Balaban J connectivity index is 1.25. The van der Waals surface area contributed by atoms with E-state index in [1.54, 1.807) is 0 Å². The van der Waals surface area contributed by atoms with Gasteiger partial charge in [0.25, 0.3) is 0 Å². The third-order valence-corrected chi connectivity index (χ3v) is 6.65. The van der Waals surface area contributed by atoms with Crippen LogP contribution in [0.3, 0.4) is 0 Å². The zero-order chi connectivity index (χ0) is 21.6. The third-order valence-electron chi connectivity index (χ3n) is 6.65. The lowest BCUT2D eigenvalue weighted by molar-refractivity contribution is 0.160. The molecule has 0 radical (unpaired) electrons. The molecule has 0 atom stereocenters. The van der Waals surface area contributed by atoms with Crippen LogP contribution in [-0.4, -0.2) is 63.7 Å². The minimum atomic E-state index is 0.333. The molecule has 2 saturated heterocycles. The average molecular weight is 420 g/mol. The van der Waals surface area contributed by atoms with E-state index in [1.165, 1.54) is 5.70 Å². The Morgan fingerprint density at radius 1 is 1.03 bits per heavy atom. The molecular formula is C24H33N7. The molecule has 0 bridgehead atoms. The Bertz CT molecular complexity index is 878. The summed E-state index contributed by atoms with van der Waals surface area (Å²) in [6, 6.07) is 6.06. The number of aromatic nitrogens is 3. The van der Waals surface area contributed by atoms with Gasteiger partial charge in [-0.2, -0.15) is 0 Å². The highest BCUT2D eigenvalue weighted by atomic mass is 15.2. The molecule has 2 aromatic rings. The van der Waals surface area contributed by atoms with Crippen LogP contribution >= 0.6 is 0 Å². The van der Waals surface area contributed by atoms with Gasteiger partial charge in [0, 0.05) is 68.4 Å². The lowest BCUT2D eigenvalue weighted by Gasteiger charge is -2.40. The van der Waals surface area contributed by atoms with Gasteiger partial charge < -0.3 is 10.6 Å². The number of nitrogens with two attached hydrogens (primary N) is 1. The summed E-state index contributed by atoms with van der Waals surface area (Å²) in [5, 5.41) is 0. The van der Waals surface area contributed by atoms with E-state index in [9.17, 15) is 0 Å². The van der Waals surface area contributed by atoms with E-state index < -0.39 is 0 Å². The Hall–Kier alpha value is -2.80. The van der Waals surface area contributed by atoms with Crippen LogP contribution in [0.5, 0.6) is 0 Å². The maximum Gasteiger partial charge on any atom is 0.219 e. The van der Waals surface area contributed by atoms with E-state index in [0.29, 0.717) is 17.8 Å². The molecule has 2 aliphatic rings. The van der Waals surface area contributed by atoms with Crippen molar-refractivity contribution in [2.24, 2.45) is 16.8 Å². The first kappa shape index (κ1) is 21.4. The predicted molar refractivity (Wildman–Crippen MR) is 125 cm³/mol. The van der Waals surface area contributed by atoms with Crippen molar-refractivity contribution in [3.05, 3.63) is 60.3 Å². The maximum atomic E-state index is 5.58. The van der Waals surface area contributed by atoms with Gasteiger partial charge in [-0.05, 0) is 50.9 Å². The van der Waals surface area contributed by atoms with Crippen LogP contribution in [0, 0.1) is 11.8 Å². The number of allylic oxidation sites excluding steroid dienone is 1. The van der Waals surface area contributed by atoms with Crippen molar-refractivity contribution in [1.29, 1.82) is 0 Å². The van der Waals surface area contributed by atoms with E-state index in [2.05, 4.69) is 42.4 Å². The highest BCUT2D eigenvalue weighted by molar-refractivity contribution is 6.00. The van der Waals surface area contributed by atoms with Gasteiger partial charge in [0.2, 0.25) is 5.95 Å². The summed E-state index contributed by atoms with van der Waals surface area (Å²) in [7, 11) is 1.89. The van der Waals surface area contributed by atoms with E-state index in [-0.39, 0.29) is 0 Å². The number of likely N-dealkylation sites (tertiary alicyclic amines) is 2. The zero-order valence-electron chi connectivity index (χ0n) is 18.5. The number of nitrogen functional groups attached to an aromatic ring is 1. The first-order valence-corrected chi connectivity index (χ1v) is 11.2. The molecule has 2 N–H and O–H groups in total. The number of rotatable bonds is 6. The topological polar surface area (TPSA) is 83.5 Å². The molecule has 7 heteroatoms. The number of piperidine rings is 2. The number of hydrogen-bond donors (Lipinski definition) is 1. The van der Waals surface area contributed by atoms with Gasteiger partial charge >= 0.3 is 0 Å². The predicted octanol–water partition coefficient (Wildman–Crippen LogP) is 3.01. The molecule has 4 rings (SSSR count). The van der Waals surface area contributed by atoms with Gasteiger partial charge in [-0.3, -0.25) is 14.9 Å². The number of nitrogens with zero attached hydrogens (tertiary/aromatic N) is 6. The third kappa shape index (κ3) is 5.28. The molecule has 0 aliphatic carbocycles. The van der Waals surface area contributed by atoms with Gasteiger partial charge in [-0.15, -0.1) is 0 Å². The molecule has 4 heterocycles. The first-order chi connectivity index (χ1) is 15.1. The van der Waals surface area contributed by atoms with Crippen molar-refractivity contribution in [3.8, 4) is 0 Å². The molecule has 7 nitrogen and oxygen atoms in total. The smallest absolute Gasteiger partial charge is 0.219 e. The molecule has 2 fully saturated rings. The van der Waals surface area contributed by atoms with E-state index in [4.69, 9.17) is 5.73 Å². The Morgan fingerprint density at radius 2 is 1.71 bits per heavy atom. The molecule has 2 aliphatic heterocycles. The lowest BCUT2D eigenvalue weighted by atomic mass is 9.87. The summed E-state index contributed by atoms with van der Waals surface area (Å²) >= 11 is 0. The fraction of sp³-hybridized carbons (Fsp3) is 0.500. The highest BCUT2D eigenvalue weighted by Gasteiger charge is 2.29. The molecule has 0 amide bonds. The summed E-state index contributed by atoms with van der Waals surface area (Å²) in [5.41, 5.74) is 10.2. The van der Waals surface area contributed by atoms with Gasteiger partial charge in [0.1, 0.15) is 0 Å². The summed E-state index contributed by atoms with van der Waals surface area (Å²) in [6.07, 6.45) is 10.0. The molecule has 164 valence electrons. The minimum absolute atomic E-state index is 0.333. The zero-order valence-corrected chi connectivity index (χ0v) is 18.5. The largest absolute Gasteiger partial charge is 0.375 e. The first-order valence-electron chi connectivity index (χ1n) is 11.2. The van der Waals surface area contributed by atoms with Crippen molar-refractivity contribution in [3.63, 3.8) is 0 Å². The van der Waals surface area contributed by atoms with Crippen LogP contribution in [0.4, 0.5) is 5.95 Å². The quantitative estimate of drug-likeness (QED) is 0.725. The molecule has 0 spiro atoms. The summed E-state index contributed by atoms with van der Waals surface area (Å²) < 4.78 is 0. The van der Waals surface area contributed by atoms with Gasteiger partial charge in [-0.25, -0.2) is 9.97 Å². The van der Waals surface area contributed by atoms with E-state index >= 15 is 0 Å². The second-order valence-corrected chi connectivity index (χ2v) is 8.58. The second-order valence-electron chi connectivity index (χ2n) is 8.58. The highest BCUT2D eigenvalue weighted by Crippen LogP contribution is 2.31. The normalized spacial score (nSPS) is 19.5. The Kier molecular flexibility index (Phi) is 6.92. The summed E-state index contributed by atoms with van der Waals surface area (Å²) in [6.45, 7) is 9.65. The molecule has 31 heavy (non-hydrogen) atoms. The van der Waals surface area contributed by atoms with Gasteiger partial charge in [-0.1, -0.05) is 12.6 Å². The minimum Gasteiger partial charge on any atom is -0.375 e. The number of anilines is 1. The number of pyridine rings is 1. The fourth-order valence-electron chi connectivity index (χ4n) is 4.85. The molecule has 0 saturated carbocycles.